The largest absolute Gasteiger partial charge is 0.489 e. The number of hydrogen-bond acceptors (Lipinski definition) is 4. The number of ether oxygens (including phenoxy) is 2. The average molecular weight is 465 g/mol. The second-order valence-corrected chi connectivity index (χ2v) is 8.15. The molecule has 0 bridgehead atoms. The van der Waals surface area contributed by atoms with E-state index in [1.807, 2.05) is 97.1 Å². The van der Waals surface area contributed by atoms with Gasteiger partial charge in [-0.1, -0.05) is 91.0 Å². The smallest absolute Gasteiger partial charge is 0.338 e. The maximum absolute atomic E-state index is 13.2. The van der Waals surface area contributed by atoms with Gasteiger partial charge in [0.1, 0.15) is 12.4 Å². The van der Waals surface area contributed by atoms with Crippen LogP contribution in [0.3, 0.4) is 0 Å². The van der Waals surface area contributed by atoms with Crippen LogP contribution in [0.25, 0.3) is 16.5 Å². The van der Waals surface area contributed by atoms with Crippen molar-refractivity contribution in [1.82, 2.24) is 10.6 Å². The van der Waals surface area contributed by atoms with Crippen molar-refractivity contribution in [2.24, 2.45) is 0 Å². The van der Waals surface area contributed by atoms with E-state index in [1.165, 1.54) is 7.11 Å². The summed E-state index contributed by atoms with van der Waals surface area (Å²) in [5, 5.41) is 7.59. The van der Waals surface area contributed by atoms with Crippen molar-refractivity contribution < 1.29 is 19.1 Å². The van der Waals surface area contributed by atoms with Crippen LogP contribution < -0.4 is 15.4 Å². The molecule has 4 aromatic rings. The molecule has 0 saturated carbocycles. The molecule has 0 saturated heterocycles. The van der Waals surface area contributed by atoms with E-state index < -0.39 is 18.0 Å². The molecule has 0 aromatic heterocycles. The zero-order valence-electron chi connectivity index (χ0n) is 19.2. The number of fused-ring (bicyclic) bond motifs is 1. The predicted octanol–water partition coefficient (Wildman–Crippen LogP) is 5.36. The van der Waals surface area contributed by atoms with Gasteiger partial charge < -0.3 is 20.1 Å². The lowest BCUT2D eigenvalue weighted by Crippen LogP contribution is -2.45. The molecule has 174 valence electrons. The Balaban J connectivity index is 1.70. The number of urea groups is 1. The van der Waals surface area contributed by atoms with Gasteiger partial charge in [-0.25, -0.2) is 9.59 Å². The molecule has 0 aliphatic carbocycles. The van der Waals surface area contributed by atoms with Gasteiger partial charge in [0.2, 0.25) is 0 Å². The third-order valence-corrected chi connectivity index (χ3v) is 6.00. The highest BCUT2D eigenvalue weighted by Crippen LogP contribution is 2.40. The van der Waals surface area contributed by atoms with Crippen molar-refractivity contribution in [2.45, 2.75) is 12.6 Å². The Labute approximate surface area is 203 Å². The molecule has 0 fully saturated rings. The maximum Gasteiger partial charge on any atom is 0.338 e. The third kappa shape index (κ3) is 4.46. The van der Waals surface area contributed by atoms with Gasteiger partial charge in [0.15, 0.2) is 0 Å². The molecule has 35 heavy (non-hydrogen) atoms. The first-order chi connectivity index (χ1) is 17.2. The fraction of sp³-hybridized carbons (Fsp3) is 0.103. The fourth-order valence-corrected chi connectivity index (χ4v) is 4.38. The number of carbonyl (C=O) groups is 2. The molecular formula is C29H24N2O4. The molecule has 0 spiro atoms. The SMILES string of the molecule is COC(=O)C1=C(c2ccccc2)NC(=O)NC1c1c(OCc2ccccc2)ccc2ccccc12. The van der Waals surface area contributed by atoms with E-state index in [2.05, 4.69) is 10.6 Å². The molecule has 5 rings (SSSR count). The first-order valence-corrected chi connectivity index (χ1v) is 11.3. The summed E-state index contributed by atoms with van der Waals surface area (Å²) < 4.78 is 11.5. The van der Waals surface area contributed by atoms with E-state index >= 15 is 0 Å². The number of benzene rings is 4. The van der Waals surface area contributed by atoms with Crippen LogP contribution >= 0.6 is 0 Å². The Morgan fingerprint density at radius 1 is 0.857 bits per heavy atom. The van der Waals surface area contributed by atoms with Gasteiger partial charge in [0.25, 0.3) is 0 Å². The molecule has 1 atom stereocenters. The van der Waals surface area contributed by atoms with Crippen LogP contribution in [0.5, 0.6) is 5.75 Å². The Morgan fingerprint density at radius 2 is 1.54 bits per heavy atom. The number of carbonyl (C=O) groups excluding carboxylic acids is 2. The van der Waals surface area contributed by atoms with E-state index in [1.54, 1.807) is 0 Å². The topological polar surface area (TPSA) is 76.7 Å². The minimum absolute atomic E-state index is 0.305. The van der Waals surface area contributed by atoms with E-state index in [0.717, 1.165) is 16.3 Å². The van der Waals surface area contributed by atoms with Gasteiger partial charge in [-0.05, 0) is 28.0 Å². The summed E-state index contributed by atoms with van der Waals surface area (Å²) in [5.41, 5.74) is 3.13. The van der Waals surface area contributed by atoms with Crippen LogP contribution in [0.1, 0.15) is 22.7 Å². The second kappa shape index (κ2) is 9.73. The van der Waals surface area contributed by atoms with Crippen molar-refractivity contribution >= 4 is 28.5 Å². The van der Waals surface area contributed by atoms with Crippen LogP contribution in [0.15, 0.2) is 103 Å². The predicted molar refractivity (Wildman–Crippen MR) is 135 cm³/mol. The van der Waals surface area contributed by atoms with E-state index in [4.69, 9.17) is 9.47 Å². The van der Waals surface area contributed by atoms with Crippen LogP contribution in [0.4, 0.5) is 4.79 Å². The number of methoxy groups -OCH3 is 1. The van der Waals surface area contributed by atoms with Gasteiger partial charge in [-0.3, -0.25) is 0 Å². The summed E-state index contributed by atoms with van der Waals surface area (Å²) in [4.78, 5) is 26.0. The lowest BCUT2D eigenvalue weighted by Gasteiger charge is -2.31. The summed E-state index contributed by atoms with van der Waals surface area (Å²) >= 11 is 0. The normalized spacial score (nSPS) is 15.3. The van der Waals surface area contributed by atoms with Crippen LogP contribution in [-0.4, -0.2) is 19.1 Å². The molecule has 1 heterocycles. The van der Waals surface area contributed by atoms with E-state index in [-0.39, 0.29) is 0 Å². The lowest BCUT2D eigenvalue weighted by molar-refractivity contribution is -0.136. The van der Waals surface area contributed by atoms with Crippen LogP contribution in [0, 0.1) is 0 Å². The number of rotatable bonds is 6. The Kier molecular flexibility index (Phi) is 6.18. The van der Waals surface area contributed by atoms with Crippen molar-refractivity contribution in [1.29, 1.82) is 0 Å². The highest BCUT2D eigenvalue weighted by molar-refractivity contribution is 6.06. The molecule has 6 heteroatoms. The highest BCUT2D eigenvalue weighted by Gasteiger charge is 2.36. The summed E-state index contributed by atoms with van der Waals surface area (Å²) in [6.45, 7) is 0.341. The molecule has 2 amide bonds. The van der Waals surface area contributed by atoms with E-state index in [0.29, 0.717) is 34.8 Å². The molecule has 1 unspecified atom stereocenters. The maximum atomic E-state index is 13.2. The second-order valence-electron chi connectivity index (χ2n) is 8.15. The van der Waals surface area contributed by atoms with E-state index in [9.17, 15) is 9.59 Å². The van der Waals surface area contributed by atoms with Crippen molar-refractivity contribution in [3.8, 4) is 5.75 Å². The quantitative estimate of drug-likeness (QED) is 0.377. The van der Waals surface area contributed by atoms with Gasteiger partial charge in [0.05, 0.1) is 24.4 Å². The third-order valence-electron chi connectivity index (χ3n) is 6.00. The lowest BCUT2D eigenvalue weighted by atomic mass is 9.89. The minimum atomic E-state index is -0.789. The van der Waals surface area contributed by atoms with Crippen LogP contribution in [-0.2, 0) is 16.1 Å². The average Bonchev–Trinajstić information content (AvgIpc) is 2.91. The molecule has 4 aromatic carbocycles. The fourth-order valence-electron chi connectivity index (χ4n) is 4.38. The zero-order valence-corrected chi connectivity index (χ0v) is 19.2. The van der Waals surface area contributed by atoms with Gasteiger partial charge in [-0.15, -0.1) is 0 Å². The summed E-state index contributed by atoms with van der Waals surface area (Å²) in [6.07, 6.45) is 0. The Hall–Kier alpha value is -4.58. The van der Waals surface area contributed by atoms with Crippen LogP contribution in [0.2, 0.25) is 0 Å². The van der Waals surface area contributed by atoms with Crippen molar-refractivity contribution in [3.63, 3.8) is 0 Å². The monoisotopic (exact) mass is 464 g/mol. The standard InChI is InChI=1S/C29H24N2O4/c1-34-28(32)25-26(21-13-6-3-7-14-21)30-29(33)31-27(25)24-22-15-9-8-12-20(22)16-17-23(24)35-18-19-10-4-2-5-11-19/h2-17,27H,18H2,1H3,(H2,30,31,33). The first-order valence-electron chi connectivity index (χ1n) is 11.3. The Morgan fingerprint density at radius 3 is 2.29 bits per heavy atom. The summed E-state index contributed by atoms with van der Waals surface area (Å²) in [5.74, 6) is 0.0388. The number of nitrogens with one attached hydrogen (secondary N) is 2. The van der Waals surface area contributed by atoms with Gasteiger partial charge in [-0.2, -0.15) is 0 Å². The molecule has 1 aliphatic heterocycles. The number of hydrogen-bond donors (Lipinski definition) is 2. The number of amides is 2. The van der Waals surface area contributed by atoms with Crippen molar-refractivity contribution in [3.05, 3.63) is 119 Å². The molecule has 6 nitrogen and oxygen atoms in total. The van der Waals surface area contributed by atoms with Crippen molar-refractivity contribution in [2.75, 3.05) is 7.11 Å². The van der Waals surface area contributed by atoms with Gasteiger partial charge >= 0.3 is 12.0 Å². The number of esters is 1. The molecular weight excluding hydrogens is 440 g/mol. The zero-order chi connectivity index (χ0) is 24.2. The summed E-state index contributed by atoms with van der Waals surface area (Å²) in [7, 11) is 1.33. The molecule has 2 N–H and O–H groups in total. The van der Waals surface area contributed by atoms with Gasteiger partial charge in [0, 0.05) is 5.56 Å². The first kappa shape index (κ1) is 22.2. The highest BCUT2D eigenvalue weighted by atomic mass is 16.5. The Bertz CT molecular complexity index is 1410. The summed E-state index contributed by atoms with van der Waals surface area (Å²) in [6, 6.07) is 29.6. The molecule has 1 aliphatic rings. The minimum Gasteiger partial charge on any atom is -0.489 e. The molecule has 0 radical (unpaired) electrons.